The minimum atomic E-state index is -0.306. The third-order valence-electron chi connectivity index (χ3n) is 6.22. The van der Waals surface area contributed by atoms with E-state index in [1.165, 1.54) is 5.56 Å². The van der Waals surface area contributed by atoms with Gasteiger partial charge in [0, 0.05) is 37.8 Å². The molecule has 0 unspecified atom stereocenters. The fourth-order valence-electron chi connectivity index (χ4n) is 4.25. The molecular weight excluding hydrogens is 442 g/mol. The first kappa shape index (κ1) is 24.7. The first-order chi connectivity index (χ1) is 16.7. The molecule has 2 amide bonds. The summed E-state index contributed by atoms with van der Waals surface area (Å²) in [5.41, 5.74) is 4.16. The number of benzene rings is 1. The summed E-state index contributed by atoms with van der Waals surface area (Å²) in [7, 11) is 0. The minimum Gasteiger partial charge on any atom is -0.449 e. The number of rotatable bonds is 5. The van der Waals surface area contributed by atoms with E-state index in [-0.39, 0.29) is 24.0 Å². The first-order valence-corrected chi connectivity index (χ1v) is 12.4. The molecule has 4 rings (SSSR count). The first-order valence-electron chi connectivity index (χ1n) is 12.4. The van der Waals surface area contributed by atoms with Crippen LogP contribution in [0.3, 0.4) is 0 Å². The van der Waals surface area contributed by atoms with Crippen molar-refractivity contribution in [2.75, 3.05) is 32.8 Å². The predicted molar refractivity (Wildman–Crippen MR) is 136 cm³/mol. The molecule has 0 radical (unpaired) electrons. The molecule has 1 saturated heterocycles. The molecule has 1 aliphatic heterocycles. The Kier molecular flexibility index (Phi) is 7.38. The summed E-state index contributed by atoms with van der Waals surface area (Å²) >= 11 is 0. The van der Waals surface area contributed by atoms with Crippen molar-refractivity contribution in [3.8, 4) is 11.3 Å². The second kappa shape index (κ2) is 10.5. The Morgan fingerprint density at radius 2 is 1.69 bits per heavy atom. The maximum Gasteiger partial charge on any atom is 0.409 e. The maximum absolute atomic E-state index is 13.8. The summed E-state index contributed by atoms with van der Waals surface area (Å²) in [6.07, 6.45) is 2.13. The molecule has 1 aromatic carbocycles. The van der Waals surface area contributed by atoms with Gasteiger partial charge in [-0.1, -0.05) is 43.7 Å². The van der Waals surface area contributed by atoms with Gasteiger partial charge in [-0.3, -0.25) is 4.79 Å². The van der Waals surface area contributed by atoms with E-state index in [9.17, 15) is 9.59 Å². The number of nitrogens with zero attached hydrogens (tertiary/aromatic N) is 5. The van der Waals surface area contributed by atoms with Gasteiger partial charge in [-0.05, 0) is 39.2 Å². The quantitative estimate of drug-likeness (QED) is 0.521. The van der Waals surface area contributed by atoms with Crippen molar-refractivity contribution < 1.29 is 14.3 Å². The van der Waals surface area contributed by atoms with Gasteiger partial charge in [0.15, 0.2) is 5.65 Å². The fraction of sp³-hybridized carbons (Fsp3) is 0.481. The molecule has 186 valence electrons. The summed E-state index contributed by atoms with van der Waals surface area (Å²) in [6, 6.07) is 10.1. The largest absolute Gasteiger partial charge is 0.449 e. The van der Waals surface area contributed by atoms with Crippen molar-refractivity contribution in [3.05, 3.63) is 47.7 Å². The molecule has 35 heavy (non-hydrogen) atoms. The van der Waals surface area contributed by atoms with E-state index >= 15 is 0 Å². The fourth-order valence-corrected chi connectivity index (χ4v) is 4.25. The minimum absolute atomic E-state index is 0.0635. The lowest BCUT2D eigenvalue weighted by Gasteiger charge is -2.22. The van der Waals surface area contributed by atoms with E-state index < -0.39 is 0 Å². The molecule has 0 saturated carbocycles. The zero-order chi connectivity index (χ0) is 25.1. The van der Waals surface area contributed by atoms with Crippen molar-refractivity contribution in [2.45, 2.75) is 47.1 Å². The summed E-state index contributed by atoms with van der Waals surface area (Å²) in [4.78, 5) is 34.7. The zero-order valence-corrected chi connectivity index (χ0v) is 21.3. The van der Waals surface area contributed by atoms with E-state index in [1.54, 1.807) is 11.1 Å². The number of amides is 2. The Balaban J connectivity index is 1.63. The SMILES string of the molecule is Cc1ccc(-c2cc(C(=O)N3CCCN(C(=O)OCC(C)C)CC3)c3cnn(C(C)C)c3n2)cc1. The van der Waals surface area contributed by atoms with Crippen LogP contribution in [-0.4, -0.2) is 69.4 Å². The molecule has 3 aromatic rings. The van der Waals surface area contributed by atoms with E-state index in [2.05, 4.69) is 18.9 Å². The number of carbonyl (C=O) groups excluding carboxylic acids is 2. The Morgan fingerprint density at radius 3 is 2.37 bits per heavy atom. The van der Waals surface area contributed by atoms with Crippen LogP contribution in [0.15, 0.2) is 36.5 Å². The Hall–Kier alpha value is -3.42. The van der Waals surface area contributed by atoms with E-state index in [0.29, 0.717) is 50.4 Å². The molecule has 0 N–H and O–H groups in total. The normalized spacial score (nSPS) is 14.6. The number of ether oxygens (including phenoxy) is 1. The van der Waals surface area contributed by atoms with Gasteiger partial charge in [0.2, 0.25) is 0 Å². The van der Waals surface area contributed by atoms with Crippen LogP contribution in [0.4, 0.5) is 4.79 Å². The van der Waals surface area contributed by atoms with Gasteiger partial charge in [0.05, 0.1) is 29.4 Å². The Labute approximate surface area is 206 Å². The molecule has 8 nitrogen and oxygen atoms in total. The van der Waals surface area contributed by atoms with E-state index in [1.807, 2.05) is 60.7 Å². The second-order valence-corrected chi connectivity index (χ2v) is 9.94. The molecular formula is C27H35N5O3. The number of aromatic nitrogens is 3. The van der Waals surface area contributed by atoms with Crippen molar-refractivity contribution in [3.63, 3.8) is 0 Å². The third kappa shape index (κ3) is 5.47. The molecule has 1 fully saturated rings. The topological polar surface area (TPSA) is 80.6 Å². The molecule has 3 heterocycles. The third-order valence-corrected chi connectivity index (χ3v) is 6.22. The van der Waals surface area contributed by atoms with Crippen molar-refractivity contribution in [1.82, 2.24) is 24.6 Å². The summed E-state index contributed by atoms with van der Waals surface area (Å²) in [5, 5.41) is 5.28. The van der Waals surface area contributed by atoms with Crippen LogP contribution in [0.5, 0.6) is 0 Å². The summed E-state index contributed by atoms with van der Waals surface area (Å²) in [6.45, 7) is 12.6. The molecule has 0 atom stereocenters. The standard InChI is InChI=1S/C27H35N5O3/c1-18(2)17-35-27(34)31-12-6-11-30(13-14-31)26(33)22-15-24(21-9-7-20(5)8-10-21)29-25-23(22)16-28-32(25)19(3)4/h7-10,15-16,18-19H,6,11-14,17H2,1-5H3. The lowest BCUT2D eigenvalue weighted by molar-refractivity contribution is 0.0748. The lowest BCUT2D eigenvalue weighted by Crippen LogP contribution is -2.38. The van der Waals surface area contributed by atoms with Crippen LogP contribution in [0.2, 0.25) is 0 Å². The molecule has 0 bridgehead atoms. The van der Waals surface area contributed by atoms with Crippen LogP contribution < -0.4 is 0 Å². The number of fused-ring (bicyclic) bond motifs is 1. The van der Waals surface area contributed by atoms with E-state index in [4.69, 9.17) is 9.72 Å². The van der Waals surface area contributed by atoms with Crippen LogP contribution in [0, 0.1) is 12.8 Å². The average molecular weight is 478 g/mol. The number of pyridine rings is 1. The second-order valence-electron chi connectivity index (χ2n) is 9.94. The molecule has 2 aromatic heterocycles. The summed E-state index contributed by atoms with van der Waals surface area (Å²) in [5.74, 6) is 0.221. The predicted octanol–water partition coefficient (Wildman–Crippen LogP) is 4.93. The smallest absolute Gasteiger partial charge is 0.409 e. The van der Waals surface area contributed by atoms with E-state index in [0.717, 1.165) is 16.6 Å². The average Bonchev–Trinajstić information content (AvgIpc) is 3.11. The molecule has 8 heteroatoms. The molecule has 0 aliphatic carbocycles. The number of carbonyl (C=O) groups is 2. The number of hydrogen-bond acceptors (Lipinski definition) is 5. The highest BCUT2D eigenvalue weighted by Gasteiger charge is 2.26. The van der Waals surface area contributed by atoms with Gasteiger partial charge in [0.25, 0.3) is 5.91 Å². The van der Waals surface area contributed by atoms with Crippen molar-refractivity contribution in [1.29, 1.82) is 0 Å². The molecule has 0 spiro atoms. The van der Waals surface area contributed by atoms with Gasteiger partial charge in [-0.2, -0.15) is 5.10 Å². The Bertz CT molecular complexity index is 1200. The monoisotopic (exact) mass is 477 g/mol. The van der Waals surface area contributed by atoms with Crippen molar-refractivity contribution >= 4 is 23.0 Å². The van der Waals surface area contributed by atoms with Crippen LogP contribution in [0.25, 0.3) is 22.3 Å². The number of aryl methyl sites for hydroxylation is 1. The molecule has 1 aliphatic rings. The van der Waals surface area contributed by atoms with Crippen LogP contribution in [-0.2, 0) is 4.74 Å². The van der Waals surface area contributed by atoms with Crippen LogP contribution >= 0.6 is 0 Å². The highest BCUT2D eigenvalue weighted by molar-refractivity contribution is 6.06. The zero-order valence-electron chi connectivity index (χ0n) is 21.3. The lowest BCUT2D eigenvalue weighted by atomic mass is 10.0. The van der Waals surface area contributed by atoms with Gasteiger partial charge >= 0.3 is 6.09 Å². The maximum atomic E-state index is 13.8. The van der Waals surface area contributed by atoms with Gasteiger partial charge in [-0.15, -0.1) is 0 Å². The van der Waals surface area contributed by atoms with Crippen LogP contribution in [0.1, 0.15) is 56.1 Å². The van der Waals surface area contributed by atoms with Crippen molar-refractivity contribution in [2.24, 2.45) is 5.92 Å². The summed E-state index contributed by atoms with van der Waals surface area (Å²) < 4.78 is 7.26. The Morgan fingerprint density at radius 1 is 1.00 bits per heavy atom. The number of hydrogen-bond donors (Lipinski definition) is 0. The highest BCUT2D eigenvalue weighted by Crippen LogP contribution is 2.28. The van der Waals surface area contributed by atoms with Gasteiger partial charge in [0.1, 0.15) is 0 Å². The highest BCUT2D eigenvalue weighted by atomic mass is 16.6. The van der Waals surface area contributed by atoms with Gasteiger partial charge in [-0.25, -0.2) is 14.5 Å². The van der Waals surface area contributed by atoms with Gasteiger partial charge < -0.3 is 14.5 Å².